The highest BCUT2D eigenvalue weighted by Crippen LogP contribution is 2.24. The van der Waals surface area contributed by atoms with E-state index in [1.54, 1.807) is 0 Å². The Bertz CT molecular complexity index is 822. The molecule has 0 saturated heterocycles. The minimum atomic E-state index is 0.536. The zero-order chi connectivity index (χ0) is 15.5. The number of rotatable bonds is 4. The Kier molecular flexibility index (Phi) is 4.27. The van der Waals surface area contributed by atoms with Crippen molar-refractivity contribution in [3.05, 3.63) is 58.3 Å². The summed E-state index contributed by atoms with van der Waals surface area (Å²) < 4.78 is 7.88. The molecule has 0 bridgehead atoms. The number of ether oxygens (including phenoxy) is 1. The molecule has 0 radical (unpaired) electrons. The minimum Gasteiger partial charge on any atom is -0.494 e. The van der Waals surface area contributed by atoms with Gasteiger partial charge < -0.3 is 4.74 Å². The molecule has 2 aromatic carbocycles. The lowest BCUT2D eigenvalue weighted by molar-refractivity contribution is 0.340. The van der Waals surface area contributed by atoms with E-state index in [1.807, 2.05) is 60.0 Å². The van der Waals surface area contributed by atoms with Gasteiger partial charge in [-0.3, -0.25) is 9.67 Å². The van der Waals surface area contributed by atoms with Crippen molar-refractivity contribution in [1.82, 2.24) is 14.8 Å². The van der Waals surface area contributed by atoms with Crippen LogP contribution in [0.4, 0.5) is 0 Å². The molecule has 1 heterocycles. The van der Waals surface area contributed by atoms with Gasteiger partial charge in [0, 0.05) is 10.6 Å². The maximum absolute atomic E-state index is 5.94. The Morgan fingerprint density at radius 1 is 1.14 bits per heavy atom. The van der Waals surface area contributed by atoms with Gasteiger partial charge in [-0.05, 0) is 67.7 Å². The summed E-state index contributed by atoms with van der Waals surface area (Å²) in [4.78, 5) is 0. The zero-order valence-electron chi connectivity index (χ0n) is 11.9. The van der Waals surface area contributed by atoms with Crippen LogP contribution in [0.2, 0.25) is 5.02 Å². The zero-order valence-corrected chi connectivity index (χ0v) is 13.5. The van der Waals surface area contributed by atoms with Gasteiger partial charge in [-0.15, -0.1) is 0 Å². The van der Waals surface area contributed by atoms with Gasteiger partial charge in [-0.1, -0.05) is 11.6 Å². The van der Waals surface area contributed by atoms with E-state index in [4.69, 9.17) is 28.6 Å². The summed E-state index contributed by atoms with van der Waals surface area (Å²) in [6, 6.07) is 15.2. The number of nitrogens with one attached hydrogen (secondary N) is 1. The van der Waals surface area contributed by atoms with Crippen molar-refractivity contribution < 1.29 is 4.74 Å². The van der Waals surface area contributed by atoms with Crippen LogP contribution in [0.15, 0.2) is 48.5 Å². The summed E-state index contributed by atoms with van der Waals surface area (Å²) in [6.45, 7) is 2.60. The van der Waals surface area contributed by atoms with Gasteiger partial charge in [-0.2, -0.15) is 5.10 Å². The number of hydrogen-bond donors (Lipinski definition) is 1. The number of nitrogens with zero attached hydrogens (tertiary/aromatic N) is 2. The lowest BCUT2D eigenvalue weighted by Gasteiger charge is -2.08. The average Bonchev–Trinajstić information content (AvgIpc) is 2.91. The van der Waals surface area contributed by atoms with Crippen LogP contribution in [0.3, 0.4) is 0 Å². The Labute approximate surface area is 138 Å². The van der Waals surface area contributed by atoms with Crippen molar-refractivity contribution >= 4 is 23.8 Å². The van der Waals surface area contributed by atoms with E-state index in [9.17, 15) is 0 Å². The molecule has 0 unspecified atom stereocenters. The van der Waals surface area contributed by atoms with Crippen molar-refractivity contribution in [2.45, 2.75) is 6.92 Å². The summed E-state index contributed by atoms with van der Waals surface area (Å²) in [6.07, 6.45) is 0. The van der Waals surface area contributed by atoms with E-state index in [1.165, 1.54) is 0 Å². The number of H-pyrrole nitrogens is 1. The summed E-state index contributed by atoms with van der Waals surface area (Å²) >= 11 is 11.3. The van der Waals surface area contributed by atoms with Gasteiger partial charge in [0.1, 0.15) is 5.75 Å². The van der Waals surface area contributed by atoms with Crippen LogP contribution in [0.5, 0.6) is 5.75 Å². The molecular formula is C16H14ClN3OS. The van der Waals surface area contributed by atoms with Crippen molar-refractivity contribution in [2.75, 3.05) is 6.61 Å². The average molecular weight is 332 g/mol. The van der Waals surface area contributed by atoms with Gasteiger partial charge in [-0.25, -0.2) is 0 Å². The SMILES string of the molecule is CCOc1ccc(-n2c(-c3ccc(Cl)cc3)n[nH]c2=S)cc1. The molecule has 0 aliphatic heterocycles. The molecule has 3 rings (SSSR count). The highest BCUT2D eigenvalue weighted by molar-refractivity contribution is 7.71. The van der Waals surface area contributed by atoms with E-state index in [0.29, 0.717) is 16.4 Å². The largest absolute Gasteiger partial charge is 0.494 e. The maximum atomic E-state index is 5.94. The quantitative estimate of drug-likeness (QED) is 0.708. The molecule has 0 aliphatic carbocycles. The van der Waals surface area contributed by atoms with Crippen LogP contribution >= 0.6 is 23.8 Å². The van der Waals surface area contributed by atoms with Crippen LogP contribution in [-0.2, 0) is 0 Å². The number of aromatic amines is 1. The Hall–Kier alpha value is -2.11. The summed E-state index contributed by atoms with van der Waals surface area (Å²) in [5.41, 5.74) is 1.86. The molecule has 22 heavy (non-hydrogen) atoms. The topological polar surface area (TPSA) is 42.8 Å². The minimum absolute atomic E-state index is 0.536. The first kappa shape index (κ1) is 14.8. The van der Waals surface area contributed by atoms with E-state index in [-0.39, 0.29) is 0 Å². The third-order valence-electron chi connectivity index (χ3n) is 3.18. The highest BCUT2D eigenvalue weighted by atomic mass is 35.5. The highest BCUT2D eigenvalue weighted by Gasteiger charge is 2.10. The first-order valence-corrected chi connectivity index (χ1v) is 7.64. The van der Waals surface area contributed by atoms with Gasteiger partial charge in [0.25, 0.3) is 0 Å². The van der Waals surface area contributed by atoms with Gasteiger partial charge in [0.2, 0.25) is 0 Å². The van der Waals surface area contributed by atoms with E-state index < -0.39 is 0 Å². The fourth-order valence-electron chi connectivity index (χ4n) is 2.19. The van der Waals surface area contributed by atoms with Crippen LogP contribution in [-0.4, -0.2) is 21.4 Å². The fourth-order valence-corrected chi connectivity index (χ4v) is 2.55. The Morgan fingerprint density at radius 2 is 1.82 bits per heavy atom. The molecular weight excluding hydrogens is 318 g/mol. The monoisotopic (exact) mass is 331 g/mol. The lowest BCUT2D eigenvalue weighted by atomic mass is 10.2. The molecule has 6 heteroatoms. The van der Waals surface area contributed by atoms with Crippen molar-refractivity contribution in [3.63, 3.8) is 0 Å². The van der Waals surface area contributed by atoms with E-state index in [0.717, 1.165) is 22.8 Å². The molecule has 3 aromatic rings. The molecule has 0 saturated carbocycles. The number of aromatic nitrogens is 3. The first-order valence-electron chi connectivity index (χ1n) is 6.85. The van der Waals surface area contributed by atoms with Crippen LogP contribution < -0.4 is 4.74 Å². The number of halogens is 1. The fraction of sp³-hybridized carbons (Fsp3) is 0.125. The smallest absolute Gasteiger partial charge is 0.200 e. The second-order valence-corrected chi connectivity index (χ2v) is 5.44. The van der Waals surface area contributed by atoms with Crippen LogP contribution in [0, 0.1) is 4.77 Å². The van der Waals surface area contributed by atoms with E-state index in [2.05, 4.69) is 10.2 Å². The number of benzene rings is 2. The molecule has 4 nitrogen and oxygen atoms in total. The lowest BCUT2D eigenvalue weighted by Crippen LogP contribution is -1.98. The molecule has 1 N–H and O–H groups in total. The molecule has 1 aromatic heterocycles. The summed E-state index contributed by atoms with van der Waals surface area (Å²) in [7, 11) is 0. The van der Waals surface area contributed by atoms with Crippen LogP contribution in [0.25, 0.3) is 17.1 Å². The summed E-state index contributed by atoms with van der Waals surface area (Å²) in [5, 5.41) is 7.85. The summed E-state index contributed by atoms with van der Waals surface area (Å²) in [5.74, 6) is 1.57. The predicted octanol–water partition coefficient (Wildman–Crippen LogP) is 4.65. The van der Waals surface area contributed by atoms with Gasteiger partial charge in [0.05, 0.1) is 12.3 Å². The molecule has 112 valence electrons. The Morgan fingerprint density at radius 3 is 2.45 bits per heavy atom. The molecule has 0 fully saturated rings. The van der Waals surface area contributed by atoms with Crippen LogP contribution in [0.1, 0.15) is 6.92 Å². The molecule has 0 atom stereocenters. The van der Waals surface area contributed by atoms with E-state index >= 15 is 0 Å². The van der Waals surface area contributed by atoms with Crippen molar-refractivity contribution in [1.29, 1.82) is 0 Å². The third-order valence-corrected chi connectivity index (χ3v) is 3.71. The molecule has 0 amide bonds. The number of hydrogen-bond acceptors (Lipinski definition) is 3. The Balaban J connectivity index is 2.05. The van der Waals surface area contributed by atoms with Gasteiger partial charge >= 0.3 is 0 Å². The normalized spacial score (nSPS) is 10.6. The third kappa shape index (κ3) is 2.91. The van der Waals surface area contributed by atoms with Crippen molar-refractivity contribution in [2.24, 2.45) is 0 Å². The molecule has 0 spiro atoms. The standard InChI is InChI=1S/C16H14ClN3OS/c1-2-21-14-9-7-13(8-10-14)20-15(18-19-16(20)22)11-3-5-12(17)6-4-11/h3-10H,2H2,1H3,(H,19,22). The molecule has 0 aliphatic rings. The predicted molar refractivity (Wildman–Crippen MR) is 90.4 cm³/mol. The van der Waals surface area contributed by atoms with Gasteiger partial charge in [0.15, 0.2) is 10.6 Å². The first-order chi connectivity index (χ1) is 10.7. The maximum Gasteiger partial charge on any atom is 0.200 e. The second kappa shape index (κ2) is 6.34. The second-order valence-electron chi connectivity index (χ2n) is 4.62. The van der Waals surface area contributed by atoms with Crippen molar-refractivity contribution in [3.8, 4) is 22.8 Å².